The van der Waals surface area contributed by atoms with E-state index < -0.39 is 69.8 Å². The molecule has 0 saturated carbocycles. The Balaban J connectivity index is 1.41. The van der Waals surface area contributed by atoms with Crippen molar-refractivity contribution >= 4 is 49.3 Å². The molecule has 2 heterocycles. The molecule has 10 heteroatoms. The second-order valence-corrected chi connectivity index (χ2v) is 17.1. The number of hydrogen-bond acceptors (Lipinski definition) is 0. The van der Waals surface area contributed by atoms with Crippen molar-refractivity contribution in [3.8, 4) is 5.69 Å². The minimum absolute atomic E-state index is 0.181. The van der Waals surface area contributed by atoms with Crippen molar-refractivity contribution in [2.75, 3.05) is 0 Å². The summed E-state index contributed by atoms with van der Waals surface area (Å²) >= 11 is 0. The molecule has 0 aliphatic heterocycles. The Morgan fingerprint density at radius 3 is 1.45 bits per heavy atom. The Hall–Kier alpha value is -5.38. The molecule has 1 aliphatic rings. The van der Waals surface area contributed by atoms with Gasteiger partial charge < -0.3 is 9.13 Å². The number of hydrogen-bond donors (Lipinski definition) is 0. The highest BCUT2D eigenvalue weighted by Gasteiger charge is 2.46. The number of halogens is 8. The van der Waals surface area contributed by atoms with Crippen LogP contribution >= 0.6 is 0 Å². The maximum absolute atomic E-state index is 17.5. The maximum atomic E-state index is 17.5. The molecule has 288 valence electrons. The molecule has 0 radical (unpaired) electrons. The maximum Gasteiger partial charge on any atom is 0.197 e. The zero-order chi connectivity index (χ0) is 40.2. The lowest BCUT2D eigenvalue weighted by atomic mass is 9.85. The first kappa shape index (κ1) is 37.5. The highest BCUT2D eigenvalue weighted by molar-refractivity contribution is 6.11. The van der Waals surface area contributed by atoms with Crippen LogP contribution in [0.3, 0.4) is 0 Å². The molecule has 2 nitrogen and oxygen atoms in total. The van der Waals surface area contributed by atoms with Gasteiger partial charge in [0.1, 0.15) is 11.5 Å². The Morgan fingerprint density at radius 2 is 0.964 bits per heavy atom. The van der Waals surface area contributed by atoms with Crippen LogP contribution in [0.25, 0.3) is 55.0 Å². The van der Waals surface area contributed by atoms with Gasteiger partial charge in [0, 0.05) is 27.1 Å². The fourth-order valence-corrected chi connectivity index (χ4v) is 8.34. The number of benzene rings is 5. The van der Waals surface area contributed by atoms with Crippen molar-refractivity contribution in [1.29, 1.82) is 0 Å². The van der Waals surface area contributed by atoms with E-state index in [1.54, 1.807) is 60.7 Å². The van der Waals surface area contributed by atoms with E-state index in [0.717, 1.165) is 20.3 Å². The number of nitrogens with zero attached hydrogens (tertiary/aromatic N) is 2. The van der Waals surface area contributed by atoms with Crippen LogP contribution < -0.4 is 0 Å². The summed E-state index contributed by atoms with van der Waals surface area (Å²) in [4.78, 5) is 0. The summed E-state index contributed by atoms with van der Waals surface area (Å²) in [5.41, 5.74) is -1.84. The summed E-state index contributed by atoms with van der Waals surface area (Å²) in [5.74, 6) is -17.5. The minimum Gasteiger partial charge on any atom is -0.307 e. The van der Waals surface area contributed by atoms with Gasteiger partial charge in [0.05, 0.1) is 33.7 Å². The van der Waals surface area contributed by atoms with Crippen molar-refractivity contribution in [3.63, 3.8) is 0 Å². The molecule has 0 amide bonds. The number of allylic oxidation sites excluding steroid dienone is 4. The number of aromatic nitrogens is 2. The van der Waals surface area contributed by atoms with Crippen LogP contribution in [0.4, 0.5) is 35.1 Å². The number of rotatable bonds is 5. The van der Waals surface area contributed by atoms with Crippen molar-refractivity contribution < 1.29 is 35.1 Å². The van der Waals surface area contributed by atoms with Gasteiger partial charge in [-0.15, -0.1) is 0 Å². The van der Waals surface area contributed by atoms with E-state index in [9.17, 15) is 0 Å². The van der Waals surface area contributed by atoms with Gasteiger partial charge in [-0.2, -0.15) is 0 Å². The standard InChI is InChI=1S/C46H38F8N2/c1-45(2,3)21-23-15-17-27-28-18-16-24(22-46(4,5)6)20-32(28)56(31(27)19-23)44-38(50)34(36(48)40(52)42(44)54)33-35(47)39(51)41(53)43(37(33)49)55-29-13-9-7-11-25(29)26-12-8-10-14-30(26)55/h7-20,34,38H,21-22H2,1-6H3. The topological polar surface area (TPSA) is 9.86 Å². The first-order valence-corrected chi connectivity index (χ1v) is 18.4. The average Bonchev–Trinajstić information content (AvgIpc) is 3.62. The lowest BCUT2D eigenvalue weighted by Crippen LogP contribution is -2.28. The molecule has 5 aromatic carbocycles. The number of para-hydroxylation sites is 2. The van der Waals surface area contributed by atoms with Crippen molar-refractivity contribution in [2.45, 2.75) is 66.5 Å². The molecular weight excluding hydrogens is 733 g/mol. The number of fused-ring (bicyclic) bond motifs is 6. The van der Waals surface area contributed by atoms with Gasteiger partial charge in [0.2, 0.25) is 0 Å². The van der Waals surface area contributed by atoms with Crippen molar-refractivity contribution in [2.24, 2.45) is 10.8 Å². The van der Waals surface area contributed by atoms with Gasteiger partial charge in [-0.25, -0.2) is 35.1 Å². The van der Waals surface area contributed by atoms with Gasteiger partial charge in [0.15, 0.2) is 41.1 Å². The molecule has 56 heavy (non-hydrogen) atoms. The summed E-state index contributed by atoms with van der Waals surface area (Å²) in [5, 5.41) is 2.08. The third kappa shape index (κ3) is 5.91. The fourth-order valence-electron chi connectivity index (χ4n) is 8.34. The van der Waals surface area contributed by atoms with Crippen molar-refractivity contribution in [1.82, 2.24) is 9.13 Å². The highest BCUT2D eigenvalue weighted by atomic mass is 19.2. The summed E-state index contributed by atoms with van der Waals surface area (Å²) in [6, 6.07) is 23.5. The minimum atomic E-state index is -3.02. The Kier molecular flexibility index (Phi) is 8.78. The van der Waals surface area contributed by atoms with Crippen LogP contribution in [0.1, 0.15) is 64.2 Å². The van der Waals surface area contributed by atoms with E-state index in [1.165, 1.54) is 12.1 Å². The smallest absolute Gasteiger partial charge is 0.197 e. The molecule has 7 aromatic rings. The molecule has 0 fully saturated rings. The summed E-state index contributed by atoms with van der Waals surface area (Å²) in [6.07, 6.45) is -1.93. The van der Waals surface area contributed by atoms with Gasteiger partial charge in [-0.05, 0) is 59.1 Å². The second-order valence-electron chi connectivity index (χ2n) is 17.1. The first-order chi connectivity index (χ1) is 26.4. The van der Waals surface area contributed by atoms with Crippen LogP contribution in [0, 0.1) is 34.1 Å². The van der Waals surface area contributed by atoms with Crippen LogP contribution in [-0.2, 0) is 12.8 Å². The Labute approximate surface area is 318 Å². The van der Waals surface area contributed by atoms with Gasteiger partial charge in [-0.1, -0.05) is 102 Å². The van der Waals surface area contributed by atoms with Crippen LogP contribution in [-0.4, -0.2) is 15.3 Å². The molecule has 0 spiro atoms. The summed E-state index contributed by atoms with van der Waals surface area (Å²) in [6.45, 7) is 12.1. The molecule has 2 unspecified atom stereocenters. The predicted octanol–water partition coefficient (Wildman–Crippen LogP) is 14.0. The Morgan fingerprint density at radius 1 is 0.500 bits per heavy atom. The van der Waals surface area contributed by atoms with E-state index >= 15 is 35.1 Å². The van der Waals surface area contributed by atoms with Crippen LogP contribution in [0.5, 0.6) is 0 Å². The van der Waals surface area contributed by atoms with E-state index in [-0.39, 0.29) is 32.9 Å². The van der Waals surface area contributed by atoms with Crippen molar-refractivity contribution in [3.05, 3.63) is 142 Å². The van der Waals surface area contributed by atoms with E-state index in [0.29, 0.717) is 34.4 Å². The van der Waals surface area contributed by atoms with E-state index in [4.69, 9.17) is 0 Å². The van der Waals surface area contributed by atoms with Crippen LogP contribution in [0.15, 0.2) is 102 Å². The lowest BCUT2D eigenvalue weighted by Gasteiger charge is -2.29. The van der Waals surface area contributed by atoms with Crippen LogP contribution in [0.2, 0.25) is 0 Å². The Bertz CT molecular complexity index is 2700. The first-order valence-electron chi connectivity index (χ1n) is 18.4. The molecule has 2 aromatic heterocycles. The molecular formula is C46H38F8N2. The average molecular weight is 771 g/mol. The van der Waals surface area contributed by atoms with E-state index in [1.807, 2.05) is 53.7 Å². The van der Waals surface area contributed by atoms with Gasteiger partial charge >= 0.3 is 0 Å². The molecule has 0 saturated heterocycles. The third-order valence-corrected chi connectivity index (χ3v) is 10.4. The lowest BCUT2D eigenvalue weighted by molar-refractivity contribution is 0.294. The molecule has 1 aliphatic carbocycles. The summed E-state index contributed by atoms with van der Waals surface area (Å²) < 4.78 is 133. The second kappa shape index (κ2) is 13.1. The zero-order valence-electron chi connectivity index (χ0n) is 31.6. The van der Waals surface area contributed by atoms with Gasteiger partial charge in [0.25, 0.3) is 0 Å². The fraction of sp³-hybridized carbons (Fsp3) is 0.261. The molecule has 8 rings (SSSR count). The quantitative estimate of drug-likeness (QED) is 0.0937. The molecule has 0 bridgehead atoms. The summed E-state index contributed by atoms with van der Waals surface area (Å²) in [7, 11) is 0. The molecule has 2 atom stereocenters. The highest BCUT2D eigenvalue weighted by Crippen LogP contribution is 2.51. The monoisotopic (exact) mass is 770 g/mol. The normalized spacial score (nSPS) is 17.1. The van der Waals surface area contributed by atoms with E-state index in [2.05, 4.69) is 0 Å². The third-order valence-electron chi connectivity index (χ3n) is 10.4. The molecule has 0 N–H and O–H groups in total. The van der Waals surface area contributed by atoms with Gasteiger partial charge in [-0.3, -0.25) is 0 Å². The number of alkyl halides is 1. The zero-order valence-corrected chi connectivity index (χ0v) is 31.6. The largest absolute Gasteiger partial charge is 0.307 e. The predicted molar refractivity (Wildman–Crippen MR) is 208 cm³/mol. The SMILES string of the molecule is CC(C)(C)Cc1ccc2c3ccc(CC(C)(C)C)cc3n(C3=C(F)C(F)=C(F)C(c4c(F)c(F)c(F)c(-n5c6ccccc6c6ccccc65)c4F)C3F)c2c1.